The van der Waals surface area contributed by atoms with Crippen molar-refractivity contribution < 1.29 is 9.90 Å². The number of hydrogen-bond donors (Lipinski definition) is 2. The molecule has 3 aromatic carbocycles. The molecule has 0 saturated heterocycles. The molecule has 3 aromatic rings. The average Bonchev–Trinajstić information content (AvgIpc) is 2.61. The van der Waals surface area contributed by atoms with E-state index < -0.39 is 6.10 Å². The van der Waals surface area contributed by atoms with E-state index in [1.165, 1.54) is 0 Å². The van der Waals surface area contributed by atoms with Crippen LogP contribution in [0.5, 0.6) is 0 Å². The standard InChI is InChI=1S/C21H21NO2/c1-14-7-8-19(11-15(14)2)21(24)22-13-20(23)18-10-9-16-5-3-4-6-17(16)12-18/h3-12,20,23H,13H2,1-2H3,(H,22,24). The minimum Gasteiger partial charge on any atom is -0.387 e. The number of carbonyl (C=O) groups excluding carboxylic acids is 1. The Kier molecular flexibility index (Phi) is 4.63. The molecule has 0 fully saturated rings. The number of carbonyl (C=O) groups is 1. The predicted molar refractivity (Wildman–Crippen MR) is 97.2 cm³/mol. The smallest absolute Gasteiger partial charge is 0.251 e. The second kappa shape index (κ2) is 6.85. The number of fused-ring (bicyclic) bond motifs is 1. The summed E-state index contributed by atoms with van der Waals surface area (Å²) in [4.78, 5) is 12.2. The molecule has 3 nitrogen and oxygen atoms in total. The summed E-state index contributed by atoms with van der Waals surface area (Å²) in [6, 6.07) is 19.5. The third kappa shape index (κ3) is 3.47. The molecule has 0 aliphatic carbocycles. The maximum Gasteiger partial charge on any atom is 0.251 e. The van der Waals surface area contributed by atoms with Crippen LogP contribution in [0.15, 0.2) is 60.7 Å². The monoisotopic (exact) mass is 319 g/mol. The van der Waals surface area contributed by atoms with E-state index in [0.717, 1.165) is 27.5 Å². The van der Waals surface area contributed by atoms with E-state index in [4.69, 9.17) is 0 Å². The normalized spacial score (nSPS) is 12.1. The van der Waals surface area contributed by atoms with E-state index >= 15 is 0 Å². The van der Waals surface area contributed by atoms with Gasteiger partial charge in [0, 0.05) is 12.1 Å². The molecule has 0 radical (unpaired) electrons. The van der Waals surface area contributed by atoms with E-state index in [9.17, 15) is 9.90 Å². The Morgan fingerprint density at radius 2 is 1.71 bits per heavy atom. The van der Waals surface area contributed by atoms with Gasteiger partial charge in [-0.3, -0.25) is 4.79 Å². The zero-order valence-electron chi connectivity index (χ0n) is 13.9. The molecule has 1 amide bonds. The molecule has 0 spiro atoms. The van der Waals surface area contributed by atoms with Crippen LogP contribution in [0, 0.1) is 13.8 Å². The molecule has 24 heavy (non-hydrogen) atoms. The minimum atomic E-state index is -0.731. The summed E-state index contributed by atoms with van der Waals surface area (Å²) in [7, 11) is 0. The summed E-state index contributed by atoms with van der Waals surface area (Å²) in [6.07, 6.45) is -0.731. The lowest BCUT2D eigenvalue weighted by Crippen LogP contribution is -2.28. The number of aryl methyl sites for hydroxylation is 2. The Bertz CT molecular complexity index is 886. The van der Waals surface area contributed by atoms with Crippen molar-refractivity contribution in [2.24, 2.45) is 0 Å². The third-order valence-electron chi connectivity index (χ3n) is 4.38. The van der Waals surface area contributed by atoms with Crippen molar-refractivity contribution in [1.29, 1.82) is 0 Å². The summed E-state index contributed by atoms with van der Waals surface area (Å²) >= 11 is 0. The number of amides is 1. The van der Waals surface area contributed by atoms with Gasteiger partial charge in [0.15, 0.2) is 0 Å². The Balaban J connectivity index is 1.68. The van der Waals surface area contributed by atoms with Crippen LogP contribution in [0.1, 0.15) is 33.2 Å². The Hall–Kier alpha value is -2.65. The first kappa shape index (κ1) is 16.2. The Morgan fingerprint density at radius 3 is 2.46 bits per heavy atom. The number of aliphatic hydroxyl groups is 1. The molecule has 3 rings (SSSR count). The molecule has 1 atom stereocenters. The first-order chi connectivity index (χ1) is 11.5. The number of hydrogen-bond acceptors (Lipinski definition) is 2. The highest BCUT2D eigenvalue weighted by Crippen LogP contribution is 2.20. The predicted octanol–water partition coefficient (Wildman–Crippen LogP) is 3.92. The van der Waals surface area contributed by atoms with Crippen molar-refractivity contribution in [3.05, 3.63) is 82.9 Å². The van der Waals surface area contributed by atoms with Gasteiger partial charge in [-0.05, 0) is 59.5 Å². The minimum absolute atomic E-state index is 0.169. The van der Waals surface area contributed by atoms with E-state index in [1.807, 2.05) is 68.4 Å². The van der Waals surface area contributed by atoms with Crippen molar-refractivity contribution in [3.63, 3.8) is 0 Å². The maximum absolute atomic E-state index is 12.2. The van der Waals surface area contributed by atoms with Crippen molar-refractivity contribution >= 4 is 16.7 Å². The van der Waals surface area contributed by atoms with Crippen LogP contribution in [0.25, 0.3) is 10.8 Å². The van der Waals surface area contributed by atoms with Crippen molar-refractivity contribution in [3.8, 4) is 0 Å². The van der Waals surface area contributed by atoms with Crippen LogP contribution in [0.3, 0.4) is 0 Å². The van der Waals surface area contributed by atoms with Gasteiger partial charge < -0.3 is 10.4 Å². The molecule has 3 heteroatoms. The molecule has 1 unspecified atom stereocenters. The lowest BCUT2D eigenvalue weighted by molar-refractivity contribution is 0.0916. The average molecular weight is 319 g/mol. The quantitative estimate of drug-likeness (QED) is 0.766. The zero-order chi connectivity index (χ0) is 17.1. The van der Waals surface area contributed by atoms with E-state index in [1.54, 1.807) is 6.07 Å². The van der Waals surface area contributed by atoms with E-state index in [2.05, 4.69) is 5.32 Å². The zero-order valence-corrected chi connectivity index (χ0v) is 13.9. The van der Waals surface area contributed by atoms with Crippen molar-refractivity contribution in [2.75, 3.05) is 6.54 Å². The Morgan fingerprint density at radius 1 is 0.958 bits per heavy atom. The van der Waals surface area contributed by atoms with Gasteiger partial charge in [-0.1, -0.05) is 42.5 Å². The Labute approximate surface area is 142 Å². The van der Waals surface area contributed by atoms with Gasteiger partial charge >= 0.3 is 0 Å². The van der Waals surface area contributed by atoms with Crippen LogP contribution in [-0.2, 0) is 0 Å². The fourth-order valence-electron chi connectivity index (χ4n) is 2.71. The molecule has 0 saturated carbocycles. The third-order valence-corrected chi connectivity index (χ3v) is 4.38. The molecular formula is C21H21NO2. The number of nitrogens with one attached hydrogen (secondary N) is 1. The van der Waals surface area contributed by atoms with Gasteiger partial charge in [-0.25, -0.2) is 0 Å². The highest BCUT2D eigenvalue weighted by Gasteiger charge is 2.12. The van der Waals surface area contributed by atoms with Gasteiger partial charge in [0.2, 0.25) is 0 Å². The lowest BCUT2D eigenvalue weighted by Gasteiger charge is -2.13. The number of aliphatic hydroxyl groups excluding tert-OH is 1. The summed E-state index contributed by atoms with van der Waals surface area (Å²) in [5.74, 6) is -0.169. The van der Waals surface area contributed by atoms with Gasteiger partial charge in [0.1, 0.15) is 0 Å². The summed E-state index contributed by atoms with van der Waals surface area (Å²) < 4.78 is 0. The van der Waals surface area contributed by atoms with Crippen LogP contribution in [0.4, 0.5) is 0 Å². The van der Waals surface area contributed by atoms with Crippen molar-refractivity contribution in [1.82, 2.24) is 5.32 Å². The molecule has 0 aliphatic heterocycles. The highest BCUT2D eigenvalue weighted by molar-refractivity contribution is 5.94. The molecular weight excluding hydrogens is 298 g/mol. The second-order valence-corrected chi connectivity index (χ2v) is 6.13. The lowest BCUT2D eigenvalue weighted by atomic mass is 10.0. The molecule has 0 bridgehead atoms. The molecule has 0 aromatic heterocycles. The fraction of sp³-hybridized carbons (Fsp3) is 0.190. The summed E-state index contributed by atoms with van der Waals surface area (Å²) in [5, 5.41) is 15.4. The molecule has 0 heterocycles. The van der Waals surface area contributed by atoms with E-state index in [0.29, 0.717) is 5.56 Å². The van der Waals surface area contributed by atoms with Gasteiger partial charge in [0.25, 0.3) is 5.91 Å². The van der Waals surface area contributed by atoms with Crippen LogP contribution >= 0.6 is 0 Å². The van der Waals surface area contributed by atoms with Crippen LogP contribution in [0.2, 0.25) is 0 Å². The van der Waals surface area contributed by atoms with Gasteiger partial charge in [0.05, 0.1) is 6.10 Å². The van der Waals surface area contributed by atoms with E-state index in [-0.39, 0.29) is 12.5 Å². The number of benzene rings is 3. The fourth-order valence-corrected chi connectivity index (χ4v) is 2.71. The van der Waals surface area contributed by atoms with Crippen molar-refractivity contribution in [2.45, 2.75) is 20.0 Å². The van der Waals surface area contributed by atoms with Crippen LogP contribution < -0.4 is 5.32 Å². The first-order valence-electron chi connectivity index (χ1n) is 8.07. The SMILES string of the molecule is Cc1ccc(C(=O)NCC(O)c2ccc3ccccc3c2)cc1C. The highest BCUT2D eigenvalue weighted by atomic mass is 16.3. The summed E-state index contributed by atoms with van der Waals surface area (Å²) in [5.41, 5.74) is 3.65. The molecule has 122 valence electrons. The maximum atomic E-state index is 12.2. The largest absolute Gasteiger partial charge is 0.387 e. The number of rotatable bonds is 4. The van der Waals surface area contributed by atoms with Crippen LogP contribution in [-0.4, -0.2) is 17.6 Å². The second-order valence-electron chi connectivity index (χ2n) is 6.13. The topological polar surface area (TPSA) is 49.3 Å². The molecule has 2 N–H and O–H groups in total. The van der Waals surface area contributed by atoms with Gasteiger partial charge in [-0.2, -0.15) is 0 Å². The van der Waals surface area contributed by atoms with Gasteiger partial charge in [-0.15, -0.1) is 0 Å². The first-order valence-corrected chi connectivity index (χ1v) is 8.07. The molecule has 0 aliphatic rings. The summed E-state index contributed by atoms with van der Waals surface area (Å²) in [6.45, 7) is 4.18.